The molecule has 0 aliphatic carbocycles. The number of carbonyl (C=O) groups is 1. The Morgan fingerprint density at radius 3 is 2.19 bits per heavy atom. The number of fused-ring (bicyclic) bond motifs is 1. The Kier molecular flexibility index (Phi) is 6.86. The molecule has 2 aromatic carbocycles. The van der Waals surface area contributed by atoms with E-state index in [1.165, 1.54) is 36.4 Å². The van der Waals surface area contributed by atoms with Crippen LogP contribution in [-0.2, 0) is 0 Å². The number of nitrogens with zero attached hydrogens (tertiary/aromatic N) is 6. The van der Waals surface area contributed by atoms with Crippen molar-refractivity contribution in [3.63, 3.8) is 0 Å². The zero-order valence-electron chi connectivity index (χ0n) is 21.3. The highest BCUT2D eigenvalue weighted by atomic mass is 19.1. The molecule has 1 aliphatic rings. The molecule has 0 radical (unpaired) electrons. The van der Waals surface area contributed by atoms with Crippen molar-refractivity contribution in [1.29, 1.82) is 0 Å². The summed E-state index contributed by atoms with van der Waals surface area (Å²) < 4.78 is 28.6. The molecular formula is C28H30F2N6O. The molecule has 37 heavy (non-hydrogen) atoms. The Morgan fingerprint density at radius 1 is 0.946 bits per heavy atom. The molecule has 1 aliphatic heterocycles. The van der Waals surface area contributed by atoms with E-state index in [2.05, 4.69) is 18.7 Å². The fraction of sp³-hybridized carbons (Fsp3) is 0.357. The van der Waals surface area contributed by atoms with Crippen molar-refractivity contribution in [2.75, 3.05) is 31.1 Å². The van der Waals surface area contributed by atoms with Gasteiger partial charge in [0.1, 0.15) is 23.3 Å². The van der Waals surface area contributed by atoms with E-state index in [0.29, 0.717) is 37.4 Å². The molecule has 7 nitrogen and oxygen atoms in total. The average Bonchev–Trinajstić information content (AvgIpc) is 3.25. The quantitative estimate of drug-likeness (QED) is 0.358. The van der Waals surface area contributed by atoms with Crippen molar-refractivity contribution in [2.45, 2.75) is 39.5 Å². The molecule has 1 fully saturated rings. The Bertz CT molecular complexity index is 1410. The van der Waals surface area contributed by atoms with Crippen LogP contribution < -0.4 is 4.90 Å². The number of aromatic nitrogens is 4. The number of hydrogen-bond donors (Lipinski definition) is 0. The molecule has 1 saturated heterocycles. The third-order valence-electron chi connectivity index (χ3n) is 6.89. The molecule has 0 saturated carbocycles. The Balaban J connectivity index is 1.49. The zero-order chi connectivity index (χ0) is 26.1. The first-order chi connectivity index (χ1) is 17.9. The third-order valence-corrected chi connectivity index (χ3v) is 6.89. The molecule has 0 spiro atoms. The molecule has 2 aromatic heterocycles. The summed E-state index contributed by atoms with van der Waals surface area (Å²) in [6.45, 7) is 8.43. The Hall–Kier alpha value is -3.88. The number of hydrogen-bond acceptors (Lipinski definition) is 5. The summed E-state index contributed by atoms with van der Waals surface area (Å²) in [5.41, 5.74) is 2.69. The predicted octanol–water partition coefficient (Wildman–Crippen LogP) is 5.27. The summed E-state index contributed by atoms with van der Waals surface area (Å²) in [4.78, 5) is 26.9. The van der Waals surface area contributed by atoms with Gasteiger partial charge in [0.2, 0.25) is 0 Å². The second-order valence-corrected chi connectivity index (χ2v) is 9.55. The molecule has 192 valence electrons. The number of halogens is 2. The number of piperazine rings is 1. The molecule has 9 heteroatoms. The molecule has 3 heterocycles. The second kappa shape index (κ2) is 10.2. The van der Waals surface area contributed by atoms with Crippen molar-refractivity contribution in [1.82, 2.24) is 24.6 Å². The van der Waals surface area contributed by atoms with Crippen LogP contribution in [0.5, 0.6) is 0 Å². The maximum atomic E-state index is 13.6. The summed E-state index contributed by atoms with van der Waals surface area (Å²) in [5.74, 6) is 0.938. The van der Waals surface area contributed by atoms with Crippen LogP contribution in [0.1, 0.15) is 54.5 Å². The highest BCUT2D eigenvalue weighted by Crippen LogP contribution is 2.32. The minimum atomic E-state index is -0.362. The maximum absolute atomic E-state index is 13.6. The van der Waals surface area contributed by atoms with E-state index in [1.54, 1.807) is 21.7 Å². The van der Waals surface area contributed by atoms with Gasteiger partial charge in [0.05, 0.1) is 16.8 Å². The molecule has 1 atom stereocenters. The highest BCUT2D eigenvalue weighted by Gasteiger charge is 2.27. The zero-order valence-corrected chi connectivity index (χ0v) is 21.3. The molecule has 0 bridgehead atoms. The third kappa shape index (κ3) is 4.90. The summed E-state index contributed by atoms with van der Waals surface area (Å²) in [7, 11) is 0. The number of aryl methyl sites for hydroxylation is 1. The predicted molar refractivity (Wildman–Crippen MR) is 139 cm³/mol. The standard InChI is InChI=1S/C28H30F2N6O/c1-4-5-18(2)25-31-26(24-19(3)33-36(27(24)32-25)23-12-10-22(30)11-13-23)34-14-16-35(17-15-34)28(37)20-6-8-21(29)9-7-20/h6-13,18H,4-5,14-17H2,1-3H3. The van der Waals surface area contributed by atoms with E-state index in [0.717, 1.165) is 41.3 Å². The van der Waals surface area contributed by atoms with Gasteiger partial charge in [-0.1, -0.05) is 20.3 Å². The normalized spacial score (nSPS) is 14.8. The molecule has 1 amide bonds. The molecule has 1 unspecified atom stereocenters. The van der Waals surface area contributed by atoms with Crippen LogP contribution >= 0.6 is 0 Å². The number of amides is 1. The van der Waals surface area contributed by atoms with E-state index < -0.39 is 0 Å². The number of carbonyl (C=O) groups excluding carboxylic acids is 1. The molecular weight excluding hydrogens is 474 g/mol. The van der Waals surface area contributed by atoms with Gasteiger partial charge in [0.15, 0.2) is 5.65 Å². The Labute approximate surface area is 214 Å². The van der Waals surface area contributed by atoms with Crippen molar-refractivity contribution in [2.24, 2.45) is 0 Å². The monoisotopic (exact) mass is 504 g/mol. The van der Waals surface area contributed by atoms with Crippen LogP contribution in [0, 0.1) is 18.6 Å². The average molecular weight is 505 g/mol. The lowest BCUT2D eigenvalue weighted by molar-refractivity contribution is 0.0746. The second-order valence-electron chi connectivity index (χ2n) is 9.55. The first-order valence-electron chi connectivity index (χ1n) is 12.7. The Morgan fingerprint density at radius 2 is 1.57 bits per heavy atom. The number of anilines is 1. The van der Waals surface area contributed by atoms with Gasteiger partial charge in [-0.25, -0.2) is 23.4 Å². The smallest absolute Gasteiger partial charge is 0.253 e. The van der Waals surface area contributed by atoms with Gasteiger partial charge in [0, 0.05) is 37.7 Å². The summed E-state index contributed by atoms with van der Waals surface area (Å²) in [5, 5.41) is 5.61. The van der Waals surface area contributed by atoms with Crippen LogP contribution in [0.3, 0.4) is 0 Å². The van der Waals surface area contributed by atoms with E-state index in [-0.39, 0.29) is 23.5 Å². The SMILES string of the molecule is CCCC(C)c1nc(N2CCN(C(=O)c3ccc(F)cc3)CC2)c2c(C)nn(-c3ccc(F)cc3)c2n1. The number of rotatable bonds is 6. The lowest BCUT2D eigenvalue weighted by Crippen LogP contribution is -2.49. The lowest BCUT2D eigenvalue weighted by Gasteiger charge is -2.36. The van der Waals surface area contributed by atoms with Gasteiger partial charge in [-0.3, -0.25) is 4.79 Å². The molecule has 4 aromatic rings. The van der Waals surface area contributed by atoms with Gasteiger partial charge in [0.25, 0.3) is 5.91 Å². The van der Waals surface area contributed by atoms with Crippen molar-refractivity contribution in [3.05, 3.63) is 77.2 Å². The van der Waals surface area contributed by atoms with Crippen molar-refractivity contribution >= 4 is 22.8 Å². The largest absolute Gasteiger partial charge is 0.352 e. The molecule has 0 N–H and O–H groups in total. The lowest BCUT2D eigenvalue weighted by atomic mass is 10.1. The van der Waals surface area contributed by atoms with Gasteiger partial charge < -0.3 is 9.80 Å². The van der Waals surface area contributed by atoms with Crippen LogP contribution in [-0.4, -0.2) is 56.7 Å². The van der Waals surface area contributed by atoms with Gasteiger partial charge in [-0.05, 0) is 61.9 Å². The van der Waals surface area contributed by atoms with Crippen LogP contribution in [0.15, 0.2) is 48.5 Å². The summed E-state index contributed by atoms with van der Waals surface area (Å²) in [6.07, 6.45) is 1.97. The van der Waals surface area contributed by atoms with E-state index in [4.69, 9.17) is 15.1 Å². The number of benzene rings is 2. The topological polar surface area (TPSA) is 67.2 Å². The van der Waals surface area contributed by atoms with Gasteiger partial charge in [-0.15, -0.1) is 0 Å². The van der Waals surface area contributed by atoms with Crippen LogP contribution in [0.4, 0.5) is 14.6 Å². The van der Waals surface area contributed by atoms with Gasteiger partial charge >= 0.3 is 0 Å². The summed E-state index contributed by atoms with van der Waals surface area (Å²) in [6, 6.07) is 11.9. The molecule has 5 rings (SSSR count). The summed E-state index contributed by atoms with van der Waals surface area (Å²) >= 11 is 0. The van der Waals surface area contributed by atoms with Crippen molar-refractivity contribution in [3.8, 4) is 5.69 Å². The highest BCUT2D eigenvalue weighted by molar-refractivity contribution is 5.95. The maximum Gasteiger partial charge on any atom is 0.253 e. The minimum Gasteiger partial charge on any atom is -0.352 e. The van der Waals surface area contributed by atoms with Crippen LogP contribution in [0.2, 0.25) is 0 Å². The van der Waals surface area contributed by atoms with E-state index in [9.17, 15) is 13.6 Å². The minimum absolute atomic E-state index is 0.106. The first kappa shape index (κ1) is 24.8. The van der Waals surface area contributed by atoms with Crippen molar-refractivity contribution < 1.29 is 13.6 Å². The fourth-order valence-electron chi connectivity index (χ4n) is 4.85. The van der Waals surface area contributed by atoms with Gasteiger partial charge in [-0.2, -0.15) is 5.10 Å². The van der Waals surface area contributed by atoms with E-state index in [1.807, 2.05) is 6.92 Å². The van der Waals surface area contributed by atoms with Crippen LogP contribution in [0.25, 0.3) is 16.7 Å². The first-order valence-corrected chi connectivity index (χ1v) is 12.7. The van der Waals surface area contributed by atoms with E-state index >= 15 is 0 Å². The fourth-order valence-corrected chi connectivity index (χ4v) is 4.85.